The number of para-hydroxylation sites is 1. The molecule has 0 bridgehead atoms. The van der Waals surface area contributed by atoms with Crippen molar-refractivity contribution in [2.24, 2.45) is 5.10 Å². The molecule has 0 aliphatic heterocycles. The number of carbonyl (C=O) groups is 3. The molecular formula is C24H20ClN3O6. The van der Waals surface area contributed by atoms with E-state index in [1.807, 2.05) is 0 Å². The lowest BCUT2D eigenvalue weighted by atomic mass is 10.2. The van der Waals surface area contributed by atoms with Crippen LogP contribution in [-0.2, 0) is 9.59 Å². The van der Waals surface area contributed by atoms with Crippen molar-refractivity contribution in [1.29, 1.82) is 0 Å². The second kappa shape index (κ2) is 11.5. The zero-order valence-corrected chi connectivity index (χ0v) is 19.0. The first-order valence-corrected chi connectivity index (χ1v) is 10.2. The summed E-state index contributed by atoms with van der Waals surface area (Å²) in [6.07, 6.45) is 1.33. The van der Waals surface area contributed by atoms with Crippen LogP contribution in [0.25, 0.3) is 0 Å². The van der Waals surface area contributed by atoms with Gasteiger partial charge in [-0.25, -0.2) is 10.2 Å². The number of anilines is 1. The molecule has 0 heterocycles. The lowest BCUT2D eigenvalue weighted by molar-refractivity contribution is -0.136. The third kappa shape index (κ3) is 6.33. The molecule has 0 saturated carbocycles. The van der Waals surface area contributed by atoms with E-state index < -0.39 is 17.8 Å². The zero-order chi connectivity index (χ0) is 24.5. The molecule has 0 saturated heterocycles. The average molecular weight is 482 g/mol. The molecule has 3 aromatic carbocycles. The van der Waals surface area contributed by atoms with Gasteiger partial charge in [0.25, 0.3) is 0 Å². The number of carbonyl (C=O) groups excluding carboxylic acids is 3. The van der Waals surface area contributed by atoms with Gasteiger partial charge in [0.05, 0.1) is 26.1 Å². The topological polar surface area (TPSA) is 115 Å². The maximum absolute atomic E-state index is 12.4. The van der Waals surface area contributed by atoms with Crippen LogP contribution in [0.3, 0.4) is 0 Å². The maximum Gasteiger partial charge on any atom is 0.347 e. The monoisotopic (exact) mass is 481 g/mol. The van der Waals surface area contributed by atoms with Gasteiger partial charge in [-0.1, -0.05) is 23.7 Å². The second-order valence-corrected chi connectivity index (χ2v) is 7.09. The number of halogens is 1. The van der Waals surface area contributed by atoms with Crippen molar-refractivity contribution in [2.75, 3.05) is 19.5 Å². The van der Waals surface area contributed by atoms with E-state index in [0.29, 0.717) is 33.4 Å². The number of amides is 2. The Hall–Kier alpha value is -4.37. The standard InChI is InChI=1S/C24H20ClN3O6/c1-32-20-6-4-3-5-18(20)24(31)34-17-10-7-15(8-11-17)14-26-28-23(30)22(29)27-19-13-16(25)9-12-21(19)33-2/h3-14H,1-2H3,(H,27,29)(H,28,30)/b26-14+. The van der Waals surface area contributed by atoms with Gasteiger partial charge < -0.3 is 19.5 Å². The van der Waals surface area contributed by atoms with Crippen LogP contribution in [0.2, 0.25) is 5.02 Å². The first-order valence-electron chi connectivity index (χ1n) is 9.84. The van der Waals surface area contributed by atoms with Crippen LogP contribution in [-0.4, -0.2) is 38.2 Å². The lowest BCUT2D eigenvalue weighted by Gasteiger charge is -2.09. The van der Waals surface area contributed by atoms with Crippen LogP contribution in [0, 0.1) is 0 Å². The molecule has 9 nitrogen and oxygen atoms in total. The summed E-state index contributed by atoms with van der Waals surface area (Å²) in [5, 5.41) is 6.53. The highest BCUT2D eigenvalue weighted by Gasteiger charge is 2.16. The van der Waals surface area contributed by atoms with Crippen LogP contribution in [0.5, 0.6) is 17.2 Å². The van der Waals surface area contributed by atoms with Gasteiger partial charge >= 0.3 is 17.8 Å². The fourth-order valence-electron chi connectivity index (χ4n) is 2.77. The second-order valence-electron chi connectivity index (χ2n) is 6.66. The molecule has 2 amide bonds. The highest BCUT2D eigenvalue weighted by atomic mass is 35.5. The summed E-state index contributed by atoms with van der Waals surface area (Å²) in [7, 11) is 2.89. The normalized spacial score (nSPS) is 10.4. The molecule has 174 valence electrons. The first kappa shape index (κ1) is 24.3. The molecule has 0 aliphatic carbocycles. The number of nitrogens with zero attached hydrogens (tertiary/aromatic N) is 1. The SMILES string of the molecule is COc1ccc(Cl)cc1NC(=O)C(=O)N/N=C/c1ccc(OC(=O)c2ccccc2OC)cc1. The van der Waals surface area contributed by atoms with Crippen molar-refractivity contribution in [3.63, 3.8) is 0 Å². The Labute approximate surface area is 200 Å². The summed E-state index contributed by atoms with van der Waals surface area (Å²) < 4.78 is 15.6. The van der Waals surface area contributed by atoms with Crippen LogP contribution >= 0.6 is 11.6 Å². The van der Waals surface area contributed by atoms with Crippen LogP contribution in [0.1, 0.15) is 15.9 Å². The van der Waals surface area contributed by atoms with Crippen LogP contribution in [0.4, 0.5) is 5.69 Å². The molecule has 0 spiro atoms. The summed E-state index contributed by atoms with van der Waals surface area (Å²) in [5.41, 5.74) is 3.27. The Morgan fingerprint density at radius 1 is 0.882 bits per heavy atom. The molecule has 0 unspecified atom stereocenters. The van der Waals surface area contributed by atoms with E-state index >= 15 is 0 Å². The molecule has 10 heteroatoms. The van der Waals surface area contributed by atoms with E-state index in [1.54, 1.807) is 60.7 Å². The van der Waals surface area contributed by atoms with Gasteiger partial charge in [0.2, 0.25) is 0 Å². The molecular weight excluding hydrogens is 462 g/mol. The number of methoxy groups -OCH3 is 2. The number of esters is 1. The van der Waals surface area contributed by atoms with Gasteiger partial charge in [-0.3, -0.25) is 9.59 Å². The smallest absolute Gasteiger partial charge is 0.347 e. The van der Waals surface area contributed by atoms with E-state index in [1.165, 1.54) is 26.5 Å². The quantitative estimate of drug-likeness (QED) is 0.175. The minimum Gasteiger partial charge on any atom is -0.496 e. The van der Waals surface area contributed by atoms with Crippen LogP contribution in [0.15, 0.2) is 71.8 Å². The highest BCUT2D eigenvalue weighted by molar-refractivity contribution is 6.40. The summed E-state index contributed by atoms with van der Waals surface area (Å²) >= 11 is 5.91. The number of benzene rings is 3. The van der Waals surface area contributed by atoms with Gasteiger partial charge in [0.1, 0.15) is 22.8 Å². The largest absolute Gasteiger partial charge is 0.496 e. The van der Waals surface area contributed by atoms with Crippen molar-refractivity contribution < 1.29 is 28.6 Å². The summed E-state index contributed by atoms with van der Waals surface area (Å²) in [6.45, 7) is 0. The van der Waals surface area contributed by atoms with Gasteiger partial charge in [0, 0.05) is 5.02 Å². The first-order chi connectivity index (χ1) is 16.4. The van der Waals surface area contributed by atoms with E-state index in [0.717, 1.165) is 0 Å². The Bertz CT molecular complexity index is 1230. The third-order valence-corrected chi connectivity index (χ3v) is 4.65. The zero-order valence-electron chi connectivity index (χ0n) is 18.2. The van der Waals surface area contributed by atoms with Crippen molar-refractivity contribution in [3.8, 4) is 17.2 Å². The Balaban J connectivity index is 1.55. The number of hydrogen-bond acceptors (Lipinski definition) is 7. The number of rotatable bonds is 7. The van der Waals surface area contributed by atoms with Crippen molar-refractivity contribution >= 4 is 41.3 Å². The van der Waals surface area contributed by atoms with Gasteiger partial charge in [-0.2, -0.15) is 5.10 Å². The molecule has 3 aromatic rings. The minimum atomic E-state index is -0.986. The van der Waals surface area contributed by atoms with Crippen molar-refractivity contribution in [2.45, 2.75) is 0 Å². The predicted molar refractivity (Wildman–Crippen MR) is 127 cm³/mol. The molecule has 0 atom stereocenters. The van der Waals surface area contributed by atoms with E-state index in [2.05, 4.69) is 15.8 Å². The van der Waals surface area contributed by atoms with Gasteiger partial charge in [0.15, 0.2) is 0 Å². The lowest BCUT2D eigenvalue weighted by Crippen LogP contribution is -2.32. The number of ether oxygens (including phenoxy) is 3. The van der Waals surface area contributed by atoms with Crippen molar-refractivity contribution in [3.05, 3.63) is 82.9 Å². The predicted octanol–water partition coefficient (Wildman–Crippen LogP) is 3.67. The number of nitrogens with one attached hydrogen (secondary N) is 2. The van der Waals surface area contributed by atoms with Crippen molar-refractivity contribution in [1.82, 2.24) is 5.43 Å². The fraction of sp³-hybridized carbons (Fsp3) is 0.0833. The Morgan fingerprint density at radius 2 is 1.59 bits per heavy atom. The van der Waals surface area contributed by atoms with Crippen LogP contribution < -0.4 is 25.0 Å². The Kier molecular flexibility index (Phi) is 8.20. The van der Waals surface area contributed by atoms with E-state index in [9.17, 15) is 14.4 Å². The summed E-state index contributed by atoms with van der Waals surface area (Å²) in [5.74, 6) is -1.43. The maximum atomic E-state index is 12.4. The Morgan fingerprint density at radius 3 is 2.29 bits per heavy atom. The fourth-order valence-corrected chi connectivity index (χ4v) is 2.94. The highest BCUT2D eigenvalue weighted by Crippen LogP contribution is 2.27. The molecule has 0 radical (unpaired) electrons. The number of hydrogen-bond donors (Lipinski definition) is 2. The molecule has 3 rings (SSSR count). The summed E-state index contributed by atoms with van der Waals surface area (Å²) in [6, 6.07) is 17.7. The van der Waals surface area contributed by atoms with Gasteiger partial charge in [-0.15, -0.1) is 0 Å². The molecule has 0 aromatic heterocycles. The molecule has 0 aliphatic rings. The van der Waals surface area contributed by atoms with E-state index in [-0.39, 0.29) is 5.69 Å². The minimum absolute atomic E-state index is 0.248. The molecule has 2 N–H and O–H groups in total. The van der Waals surface area contributed by atoms with Gasteiger partial charge in [-0.05, 0) is 60.2 Å². The molecule has 34 heavy (non-hydrogen) atoms. The molecule has 0 fully saturated rings. The average Bonchev–Trinajstić information content (AvgIpc) is 2.85. The van der Waals surface area contributed by atoms with E-state index in [4.69, 9.17) is 25.8 Å². The third-order valence-electron chi connectivity index (χ3n) is 4.41. The number of hydrazone groups is 1. The summed E-state index contributed by atoms with van der Waals surface area (Å²) in [4.78, 5) is 36.4.